The van der Waals surface area contributed by atoms with E-state index in [0.717, 1.165) is 10.9 Å². The van der Waals surface area contributed by atoms with Gasteiger partial charge in [-0.3, -0.25) is 10.1 Å². The van der Waals surface area contributed by atoms with Gasteiger partial charge in [0.1, 0.15) is 11.3 Å². The number of nitro benzene ring substituents is 1. The van der Waals surface area contributed by atoms with E-state index in [-0.39, 0.29) is 18.8 Å². The van der Waals surface area contributed by atoms with Gasteiger partial charge in [-0.15, -0.1) is 0 Å². The lowest BCUT2D eigenvalue weighted by Crippen LogP contribution is -2.13. The second-order valence-electron chi connectivity index (χ2n) is 6.07. The molecule has 0 aliphatic rings. The molecule has 2 heterocycles. The number of aromatic nitrogens is 1. The van der Waals surface area contributed by atoms with E-state index < -0.39 is 10.9 Å². The van der Waals surface area contributed by atoms with Crippen LogP contribution in [-0.2, 0) is 11.3 Å². The van der Waals surface area contributed by atoms with Gasteiger partial charge in [-0.2, -0.15) is 0 Å². The Bertz CT molecular complexity index is 1170. The number of esters is 1. The molecule has 0 amide bonds. The lowest BCUT2D eigenvalue weighted by Gasteiger charge is -2.10. The van der Waals surface area contributed by atoms with Crippen LogP contribution in [0.2, 0.25) is 0 Å². The summed E-state index contributed by atoms with van der Waals surface area (Å²) < 4.78 is 12.8. The monoisotopic (exact) mass is 364 g/mol. The third kappa shape index (κ3) is 2.93. The zero-order valence-electron chi connectivity index (χ0n) is 14.5. The van der Waals surface area contributed by atoms with Crippen molar-refractivity contribution in [3.8, 4) is 0 Å². The Labute approximate surface area is 153 Å². The van der Waals surface area contributed by atoms with Crippen molar-refractivity contribution < 1.29 is 18.9 Å². The van der Waals surface area contributed by atoms with E-state index in [0.29, 0.717) is 22.4 Å². The Balaban J connectivity index is 1.90. The molecule has 2 aromatic heterocycles. The number of nitro groups is 1. The van der Waals surface area contributed by atoms with Gasteiger partial charge in [0.25, 0.3) is 5.69 Å². The summed E-state index contributed by atoms with van der Waals surface area (Å²) in [5, 5.41) is 11.9. The van der Waals surface area contributed by atoms with Crippen molar-refractivity contribution >= 4 is 33.7 Å². The zero-order valence-corrected chi connectivity index (χ0v) is 14.5. The second-order valence-corrected chi connectivity index (χ2v) is 6.07. The second kappa shape index (κ2) is 6.60. The number of hydrogen-bond acceptors (Lipinski definition) is 5. The Morgan fingerprint density at radius 1 is 1.15 bits per heavy atom. The van der Waals surface area contributed by atoms with Crippen molar-refractivity contribution in [2.24, 2.45) is 0 Å². The van der Waals surface area contributed by atoms with E-state index in [1.165, 1.54) is 12.1 Å². The number of non-ortho nitro benzene ring substituents is 1. The highest BCUT2D eigenvalue weighted by Crippen LogP contribution is 2.32. The van der Waals surface area contributed by atoms with E-state index >= 15 is 0 Å². The Hall–Kier alpha value is -3.61. The average Bonchev–Trinajstić information content (AvgIpc) is 3.19. The molecule has 0 unspecified atom stereocenters. The van der Waals surface area contributed by atoms with Crippen molar-refractivity contribution in [1.82, 2.24) is 4.57 Å². The number of carbonyl (C=O) groups is 1. The minimum absolute atomic E-state index is 0.00522. The van der Waals surface area contributed by atoms with Crippen LogP contribution in [0.15, 0.2) is 59.0 Å². The molecule has 4 rings (SSSR count). The molecule has 0 spiro atoms. The predicted octanol–water partition coefficient (Wildman–Crippen LogP) is 4.52. The van der Waals surface area contributed by atoms with Gasteiger partial charge in [0.05, 0.1) is 17.0 Å². The first-order valence-corrected chi connectivity index (χ1v) is 8.49. The molecule has 0 saturated carbocycles. The number of rotatable bonds is 5. The number of benzene rings is 2. The first kappa shape index (κ1) is 16.8. The van der Waals surface area contributed by atoms with Crippen LogP contribution < -0.4 is 0 Å². The maximum Gasteiger partial charge on any atom is 0.355 e. The normalized spacial score (nSPS) is 11.1. The quantitative estimate of drug-likeness (QED) is 0.295. The standard InChI is InChI=1S/C20H16N2O5/c1-2-26-20(23)16-11-18-19(15-8-3-4-9-17(15)27-18)21(16)12-13-6-5-7-14(10-13)22(24)25/h3-11H,2,12H2,1H3. The van der Waals surface area contributed by atoms with Crippen molar-refractivity contribution in [3.05, 3.63) is 76.0 Å². The van der Waals surface area contributed by atoms with Crippen LogP contribution in [-0.4, -0.2) is 22.1 Å². The fourth-order valence-electron chi connectivity index (χ4n) is 3.24. The first-order chi connectivity index (χ1) is 13.1. The van der Waals surface area contributed by atoms with Crippen LogP contribution in [0.1, 0.15) is 23.0 Å². The first-order valence-electron chi connectivity index (χ1n) is 8.49. The Morgan fingerprint density at radius 3 is 2.74 bits per heavy atom. The highest BCUT2D eigenvalue weighted by Gasteiger charge is 2.22. The van der Waals surface area contributed by atoms with Gasteiger partial charge < -0.3 is 13.7 Å². The summed E-state index contributed by atoms with van der Waals surface area (Å²) in [5.41, 5.74) is 3.11. The molecule has 7 nitrogen and oxygen atoms in total. The zero-order chi connectivity index (χ0) is 19.0. The number of ether oxygens (including phenoxy) is 1. The van der Waals surface area contributed by atoms with E-state index in [4.69, 9.17) is 9.15 Å². The minimum atomic E-state index is -0.460. The third-order valence-electron chi connectivity index (χ3n) is 4.37. The number of fused-ring (bicyclic) bond motifs is 3. The summed E-state index contributed by atoms with van der Waals surface area (Å²) in [5.74, 6) is -0.460. The molecule has 136 valence electrons. The van der Waals surface area contributed by atoms with Gasteiger partial charge in [0, 0.05) is 30.1 Å². The molecule has 27 heavy (non-hydrogen) atoms. The highest BCUT2D eigenvalue weighted by molar-refractivity contribution is 6.06. The molecule has 0 N–H and O–H groups in total. The van der Waals surface area contributed by atoms with Gasteiger partial charge in [-0.05, 0) is 24.6 Å². The summed E-state index contributed by atoms with van der Waals surface area (Å²) in [6.07, 6.45) is 0. The molecule has 0 saturated heterocycles. The number of para-hydroxylation sites is 1. The number of hydrogen-bond donors (Lipinski definition) is 0. The summed E-state index contributed by atoms with van der Waals surface area (Å²) in [6.45, 7) is 2.27. The smallest absolute Gasteiger partial charge is 0.355 e. The van der Waals surface area contributed by atoms with Gasteiger partial charge in [-0.1, -0.05) is 24.3 Å². The molecule has 0 fully saturated rings. The van der Waals surface area contributed by atoms with Crippen LogP contribution in [0.4, 0.5) is 5.69 Å². The number of carbonyl (C=O) groups excluding carboxylic acids is 1. The van der Waals surface area contributed by atoms with Gasteiger partial charge >= 0.3 is 5.97 Å². The summed E-state index contributed by atoms with van der Waals surface area (Å²) in [7, 11) is 0. The maximum absolute atomic E-state index is 12.4. The third-order valence-corrected chi connectivity index (χ3v) is 4.37. The largest absolute Gasteiger partial charge is 0.461 e. The van der Waals surface area contributed by atoms with Crippen molar-refractivity contribution in [3.63, 3.8) is 0 Å². The molecule has 0 aliphatic carbocycles. The molecule has 4 aromatic rings. The summed E-state index contributed by atoms with van der Waals surface area (Å²) in [6, 6.07) is 15.6. The molecule has 2 aromatic carbocycles. The minimum Gasteiger partial charge on any atom is -0.461 e. The van der Waals surface area contributed by atoms with Crippen LogP contribution in [0, 0.1) is 10.1 Å². The number of furan rings is 1. The van der Waals surface area contributed by atoms with Gasteiger partial charge in [0.2, 0.25) is 0 Å². The van der Waals surface area contributed by atoms with Gasteiger partial charge in [-0.25, -0.2) is 4.79 Å². The number of nitrogens with zero attached hydrogens (tertiary/aromatic N) is 2. The lowest BCUT2D eigenvalue weighted by atomic mass is 10.2. The summed E-state index contributed by atoms with van der Waals surface area (Å²) in [4.78, 5) is 23.1. The summed E-state index contributed by atoms with van der Waals surface area (Å²) >= 11 is 0. The van der Waals surface area contributed by atoms with Crippen LogP contribution in [0.25, 0.3) is 22.1 Å². The highest BCUT2D eigenvalue weighted by atomic mass is 16.6. The van der Waals surface area contributed by atoms with Gasteiger partial charge in [0.15, 0.2) is 5.58 Å². The maximum atomic E-state index is 12.4. The average molecular weight is 364 g/mol. The van der Waals surface area contributed by atoms with E-state index in [9.17, 15) is 14.9 Å². The van der Waals surface area contributed by atoms with E-state index in [2.05, 4.69) is 0 Å². The Morgan fingerprint density at radius 2 is 1.96 bits per heavy atom. The van der Waals surface area contributed by atoms with Crippen LogP contribution in [0.5, 0.6) is 0 Å². The molecular formula is C20H16N2O5. The lowest BCUT2D eigenvalue weighted by molar-refractivity contribution is -0.384. The molecular weight excluding hydrogens is 348 g/mol. The van der Waals surface area contributed by atoms with Crippen molar-refractivity contribution in [1.29, 1.82) is 0 Å². The molecule has 0 bridgehead atoms. The van der Waals surface area contributed by atoms with Crippen LogP contribution >= 0.6 is 0 Å². The molecule has 7 heteroatoms. The molecule has 0 radical (unpaired) electrons. The Kier molecular flexibility index (Phi) is 4.12. The molecule has 0 aliphatic heterocycles. The van der Waals surface area contributed by atoms with Crippen molar-refractivity contribution in [2.45, 2.75) is 13.5 Å². The predicted molar refractivity (Wildman–Crippen MR) is 99.9 cm³/mol. The van der Waals surface area contributed by atoms with E-state index in [1.54, 1.807) is 29.7 Å². The SMILES string of the molecule is CCOC(=O)c1cc2oc3ccccc3c2n1Cc1cccc([N+](=O)[O-])c1. The topological polar surface area (TPSA) is 87.5 Å². The van der Waals surface area contributed by atoms with Crippen LogP contribution in [0.3, 0.4) is 0 Å². The fraction of sp³-hybridized carbons (Fsp3) is 0.150. The fourth-order valence-corrected chi connectivity index (χ4v) is 3.24. The molecule has 0 atom stereocenters. The van der Waals surface area contributed by atoms with E-state index in [1.807, 2.05) is 24.3 Å². The van der Waals surface area contributed by atoms with Crippen molar-refractivity contribution in [2.75, 3.05) is 6.61 Å².